The minimum Gasteiger partial charge on any atom is -0.467 e. The maximum Gasteiger partial charge on any atom is 0.251 e. The first-order valence-corrected chi connectivity index (χ1v) is 8.09. The number of nitrogens with zero attached hydrogens (tertiary/aromatic N) is 3. The van der Waals surface area contributed by atoms with E-state index in [0.717, 1.165) is 24.5 Å². The van der Waals surface area contributed by atoms with E-state index in [1.807, 2.05) is 30.1 Å². The Hall–Kier alpha value is -3.15. The van der Waals surface area contributed by atoms with Crippen LogP contribution < -0.4 is 10.2 Å². The van der Waals surface area contributed by atoms with Crippen LogP contribution in [-0.4, -0.2) is 29.5 Å². The molecule has 1 amide bonds. The number of aromatic nitrogens is 2. The topological polar surface area (TPSA) is 71.3 Å². The van der Waals surface area contributed by atoms with Gasteiger partial charge in [-0.15, -0.1) is 0 Å². The molecule has 6 heteroatoms. The average molecular weight is 336 g/mol. The highest BCUT2D eigenvalue weighted by Gasteiger charge is 2.10. The van der Waals surface area contributed by atoms with E-state index in [9.17, 15) is 4.79 Å². The number of pyridine rings is 2. The van der Waals surface area contributed by atoms with Crippen LogP contribution in [0.1, 0.15) is 21.7 Å². The molecule has 0 aromatic carbocycles. The molecule has 1 N–H and O–H groups in total. The number of nitrogens with one attached hydrogen (secondary N) is 1. The van der Waals surface area contributed by atoms with Crippen molar-refractivity contribution in [3.8, 4) is 0 Å². The summed E-state index contributed by atoms with van der Waals surface area (Å²) in [5.41, 5.74) is 1.79. The van der Waals surface area contributed by atoms with Crippen molar-refractivity contribution in [3.05, 3.63) is 78.1 Å². The molecule has 25 heavy (non-hydrogen) atoms. The molecule has 0 unspecified atom stereocenters. The zero-order valence-electron chi connectivity index (χ0n) is 14.1. The van der Waals surface area contributed by atoms with E-state index in [0.29, 0.717) is 12.1 Å². The molecular formula is C19H20N4O2. The van der Waals surface area contributed by atoms with Crippen molar-refractivity contribution in [2.24, 2.45) is 0 Å². The van der Waals surface area contributed by atoms with E-state index in [1.165, 1.54) is 5.56 Å². The summed E-state index contributed by atoms with van der Waals surface area (Å²) in [7, 11) is 1.97. The van der Waals surface area contributed by atoms with Gasteiger partial charge in [0.1, 0.15) is 11.6 Å². The first kappa shape index (κ1) is 16.7. The molecule has 0 radical (unpaired) electrons. The minimum atomic E-state index is -0.150. The van der Waals surface area contributed by atoms with Crippen LogP contribution in [-0.2, 0) is 13.0 Å². The summed E-state index contributed by atoms with van der Waals surface area (Å²) in [6.45, 7) is 1.16. The largest absolute Gasteiger partial charge is 0.467 e. The van der Waals surface area contributed by atoms with Crippen LogP contribution >= 0.6 is 0 Å². The second-order valence-electron chi connectivity index (χ2n) is 5.69. The SMILES string of the molecule is CN(CCc1ccncc1)c1cc(C(=O)NCc2ccco2)ccn1. The van der Waals surface area contributed by atoms with Gasteiger partial charge in [0.15, 0.2) is 0 Å². The van der Waals surface area contributed by atoms with Gasteiger partial charge in [-0.1, -0.05) is 0 Å². The predicted octanol–water partition coefficient (Wildman–Crippen LogP) is 2.68. The number of furan rings is 1. The fraction of sp³-hybridized carbons (Fsp3) is 0.211. The Labute approximate surface area is 146 Å². The smallest absolute Gasteiger partial charge is 0.251 e. The van der Waals surface area contributed by atoms with Crippen LogP contribution in [0, 0.1) is 0 Å². The van der Waals surface area contributed by atoms with E-state index in [2.05, 4.69) is 15.3 Å². The van der Waals surface area contributed by atoms with E-state index in [-0.39, 0.29) is 5.91 Å². The van der Waals surface area contributed by atoms with Gasteiger partial charge in [0.25, 0.3) is 5.91 Å². The lowest BCUT2D eigenvalue weighted by atomic mass is 10.2. The third-order valence-corrected chi connectivity index (χ3v) is 3.89. The first-order valence-electron chi connectivity index (χ1n) is 8.09. The maximum absolute atomic E-state index is 12.3. The molecule has 3 heterocycles. The summed E-state index contributed by atoms with van der Waals surface area (Å²) in [5.74, 6) is 1.33. The van der Waals surface area contributed by atoms with Gasteiger partial charge in [0, 0.05) is 37.7 Å². The molecule has 0 spiro atoms. The summed E-state index contributed by atoms with van der Waals surface area (Å²) in [6.07, 6.45) is 7.70. The summed E-state index contributed by atoms with van der Waals surface area (Å²) in [4.78, 5) is 22.7. The molecule has 3 aromatic rings. The number of likely N-dealkylation sites (N-methyl/N-ethyl adjacent to an activating group) is 1. The number of amides is 1. The van der Waals surface area contributed by atoms with Crippen molar-refractivity contribution in [3.63, 3.8) is 0 Å². The van der Waals surface area contributed by atoms with E-state index in [4.69, 9.17) is 4.42 Å². The second kappa shape index (κ2) is 8.10. The van der Waals surface area contributed by atoms with Crippen molar-refractivity contribution >= 4 is 11.7 Å². The van der Waals surface area contributed by atoms with Gasteiger partial charge in [-0.05, 0) is 48.4 Å². The number of hydrogen-bond acceptors (Lipinski definition) is 5. The van der Waals surface area contributed by atoms with Crippen molar-refractivity contribution in [2.75, 3.05) is 18.5 Å². The van der Waals surface area contributed by atoms with Gasteiger partial charge in [-0.3, -0.25) is 9.78 Å². The number of hydrogen-bond donors (Lipinski definition) is 1. The van der Waals surface area contributed by atoms with E-state index < -0.39 is 0 Å². The van der Waals surface area contributed by atoms with Crippen LogP contribution in [0.2, 0.25) is 0 Å². The standard InChI is InChI=1S/C19H20N4O2/c1-23(11-7-15-4-8-20-9-5-15)18-13-16(6-10-21-18)19(24)22-14-17-3-2-12-25-17/h2-6,8-10,12-13H,7,11,14H2,1H3,(H,22,24). The van der Waals surface area contributed by atoms with E-state index >= 15 is 0 Å². The minimum absolute atomic E-state index is 0.150. The van der Waals surface area contributed by atoms with Crippen molar-refractivity contribution < 1.29 is 9.21 Å². The van der Waals surface area contributed by atoms with Gasteiger partial charge in [0.2, 0.25) is 0 Å². The Bertz CT molecular complexity index is 803. The van der Waals surface area contributed by atoms with Crippen LogP contribution in [0.5, 0.6) is 0 Å². The average Bonchev–Trinajstić information content (AvgIpc) is 3.18. The van der Waals surface area contributed by atoms with Gasteiger partial charge >= 0.3 is 0 Å². The highest BCUT2D eigenvalue weighted by Crippen LogP contribution is 2.12. The predicted molar refractivity (Wildman–Crippen MR) is 95.3 cm³/mol. The molecule has 3 aromatic heterocycles. The van der Waals surface area contributed by atoms with Gasteiger partial charge in [0.05, 0.1) is 12.8 Å². The van der Waals surface area contributed by atoms with Crippen LogP contribution in [0.15, 0.2) is 65.7 Å². The highest BCUT2D eigenvalue weighted by molar-refractivity contribution is 5.94. The van der Waals surface area contributed by atoms with Gasteiger partial charge < -0.3 is 14.6 Å². The number of anilines is 1. The van der Waals surface area contributed by atoms with Crippen LogP contribution in [0.3, 0.4) is 0 Å². The number of rotatable bonds is 7. The summed E-state index contributed by atoms with van der Waals surface area (Å²) in [6, 6.07) is 11.1. The van der Waals surface area contributed by atoms with Gasteiger partial charge in [-0.25, -0.2) is 4.98 Å². The molecule has 0 atom stereocenters. The van der Waals surface area contributed by atoms with Crippen LogP contribution in [0.4, 0.5) is 5.82 Å². The van der Waals surface area contributed by atoms with Crippen molar-refractivity contribution in [2.45, 2.75) is 13.0 Å². The number of carbonyl (C=O) groups excluding carboxylic acids is 1. The zero-order chi connectivity index (χ0) is 17.5. The summed E-state index contributed by atoms with van der Waals surface area (Å²) >= 11 is 0. The molecule has 0 aliphatic heterocycles. The highest BCUT2D eigenvalue weighted by atomic mass is 16.3. The lowest BCUT2D eigenvalue weighted by molar-refractivity contribution is 0.0948. The Morgan fingerprint density at radius 1 is 1.20 bits per heavy atom. The Balaban J connectivity index is 1.59. The Morgan fingerprint density at radius 2 is 2.04 bits per heavy atom. The molecule has 0 bridgehead atoms. The molecule has 0 saturated carbocycles. The molecule has 3 rings (SSSR count). The van der Waals surface area contributed by atoms with Crippen LogP contribution in [0.25, 0.3) is 0 Å². The summed E-state index contributed by atoms with van der Waals surface area (Å²) in [5, 5.41) is 2.84. The molecule has 0 fully saturated rings. The molecule has 0 aliphatic carbocycles. The van der Waals surface area contributed by atoms with Gasteiger partial charge in [-0.2, -0.15) is 0 Å². The quantitative estimate of drug-likeness (QED) is 0.718. The molecule has 6 nitrogen and oxygen atoms in total. The normalized spacial score (nSPS) is 10.4. The van der Waals surface area contributed by atoms with Crippen molar-refractivity contribution in [1.82, 2.24) is 15.3 Å². The third kappa shape index (κ3) is 4.67. The fourth-order valence-electron chi connectivity index (χ4n) is 2.41. The molecule has 0 aliphatic rings. The zero-order valence-corrected chi connectivity index (χ0v) is 14.1. The molecule has 128 valence electrons. The summed E-state index contributed by atoms with van der Waals surface area (Å²) < 4.78 is 5.22. The maximum atomic E-state index is 12.3. The lowest BCUT2D eigenvalue weighted by Crippen LogP contribution is -2.24. The lowest BCUT2D eigenvalue weighted by Gasteiger charge is -2.18. The first-order chi connectivity index (χ1) is 12.2. The second-order valence-corrected chi connectivity index (χ2v) is 5.69. The Kier molecular flexibility index (Phi) is 5.41. The molecule has 0 saturated heterocycles. The Morgan fingerprint density at radius 3 is 2.80 bits per heavy atom. The van der Waals surface area contributed by atoms with E-state index in [1.54, 1.807) is 43.1 Å². The fourth-order valence-corrected chi connectivity index (χ4v) is 2.41. The van der Waals surface area contributed by atoms with Crippen molar-refractivity contribution in [1.29, 1.82) is 0 Å². The third-order valence-electron chi connectivity index (χ3n) is 3.89. The number of carbonyl (C=O) groups is 1. The monoisotopic (exact) mass is 336 g/mol. The molecular weight excluding hydrogens is 316 g/mol.